The van der Waals surface area contributed by atoms with Gasteiger partial charge in [0.15, 0.2) is 9.84 Å². The second-order valence-corrected chi connectivity index (χ2v) is 7.94. The van der Waals surface area contributed by atoms with Crippen molar-refractivity contribution in [2.45, 2.75) is 23.8 Å². The molecule has 20 heavy (non-hydrogen) atoms. The first-order valence-corrected chi connectivity index (χ1v) is 8.85. The van der Waals surface area contributed by atoms with Crippen LogP contribution < -0.4 is 5.73 Å². The Kier molecular flexibility index (Phi) is 5.07. The van der Waals surface area contributed by atoms with Crippen LogP contribution in [0.4, 0.5) is 0 Å². The maximum Gasteiger partial charge on any atom is 0.179 e. The highest BCUT2D eigenvalue weighted by Crippen LogP contribution is 2.34. The van der Waals surface area contributed by atoms with Crippen LogP contribution in [0, 0.1) is 5.92 Å². The third-order valence-electron chi connectivity index (χ3n) is 3.86. The summed E-state index contributed by atoms with van der Waals surface area (Å²) < 4.78 is 24.5. The molecule has 0 bridgehead atoms. The molecule has 0 radical (unpaired) electrons. The molecule has 0 aliphatic heterocycles. The molecule has 1 unspecified atom stereocenters. The van der Waals surface area contributed by atoms with Crippen LogP contribution >= 0.6 is 11.6 Å². The number of hydrogen-bond acceptors (Lipinski definition) is 4. The van der Waals surface area contributed by atoms with Gasteiger partial charge in [-0.1, -0.05) is 11.6 Å². The van der Waals surface area contributed by atoms with Crippen molar-refractivity contribution in [3.8, 4) is 0 Å². The Morgan fingerprint density at radius 2 is 1.95 bits per heavy atom. The minimum Gasteiger partial charge on any atom is -0.329 e. The normalized spacial score (nSPS) is 17.4. The third kappa shape index (κ3) is 3.95. The van der Waals surface area contributed by atoms with Gasteiger partial charge in [0, 0.05) is 24.2 Å². The van der Waals surface area contributed by atoms with Gasteiger partial charge in [-0.3, -0.25) is 0 Å². The maximum absolute atomic E-state index is 12.2. The van der Waals surface area contributed by atoms with Crippen molar-refractivity contribution in [3.05, 3.63) is 29.3 Å². The van der Waals surface area contributed by atoms with Gasteiger partial charge in [-0.15, -0.1) is 0 Å². The third-order valence-corrected chi connectivity index (χ3v) is 5.82. The molecule has 6 heteroatoms. The summed E-state index contributed by atoms with van der Waals surface area (Å²) in [6, 6.07) is 6.61. The molecule has 0 heterocycles. The Bertz CT molecular complexity index is 541. The van der Waals surface area contributed by atoms with Crippen LogP contribution in [0.1, 0.15) is 12.8 Å². The van der Waals surface area contributed by atoms with Crippen LogP contribution in [-0.4, -0.2) is 45.2 Å². The van der Waals surface area contributed by atoms with E-state index in [1.54, 1.807) is 24.3 Å². The summed E-state index contributed by atoms with van der Waals surface area (Å²) in [6.45, 7) is 1.09. The summed E-state index contributed by atoms with van der Waals surface area (Å²) in [5.74, 6) is 0.747. The van der Waals surface area contributed by atoms with Crippen LogP contribution in [0.2, 0.25) is 5.02 Å². The first-order valence-electron chi connectivity index (χ1n) is 6.82. The molecule has 112 valence electrons. The van der Waals surface area contributed by atoms with Crippen molar-refractivity contribution < 1.29 is 8.42 Å². The first kappa shape index (κ1) is 15.8. The van der Waals surface area contributed by atoms with Gasteiger partial charge in [-0.2, -0.15) is 0 Å². The highest BCUT2D eigenvalue weighted by molar-refractivity contribution is 7.91. The van der Waals surface area contributed by atoms with Gasteiger partial charge in [0.2, 0.25) is 0 Å². The highest BCUT2D eigenvalue weighted by Gasteiger charge is 2.33. The van der Waals surface area contributed by atoms with E-state index in [1.807, 2.05) is 7.05 Å². The van der Waals surface area contributed by atoms with Crippen LogP contribution in [-0.2, 0) is 9.84 Å². The Balaban J connectivity index is 1.96. The average Bonchev–Trinajstić information content (AvgIpc) is 3.22. The molecule has 1 aliphatic rings. The molecular weight excluding hydrogens is 296 g/mol. The van der Waals surface area contributed by atoms with Gasteiger partial charge < -0.3 is 10.6 Å². The van der Waals surface area contributed by atoms with E-state index in [1.165, 1.54) is 12.8 Å². The monoisotopic (exact) mass is 316 g/mol. The van der Waals surface area contributed by atoms with Crippen molar-refractivity contribution in [1.82, 2.24) is 4.90 Å². The molecule has 1 aliphatic carbocycles. The number of nitrogens with zero attached hydrogens (tertiary/aromatic N) is 1. The Hall–Kier alpha value is -0.620. The average molecular weight is 317 g/mol. The number of rotatable bonds is 7. The summed E-state index contributed by atoms with van der Waals surface area (Å²) >= 11 is 5.77. The lowest BCUT2D eigenvalue weighted by molar-refractivity contribution is 0.235. The van der Waals surface area contributed by atoms with Crippen LogP contribution in [0.3, 0.4) is 0 Å². The Labute approximate surface area is 125 Å². The largest absolute Gasteiger partial charge is 0.329 e. The van der Waals surface area contributed by atoms with Crippen molar-refractivity contribution in [3.63, 3.8) is 0 Å². The van der Waals surface area contributed by atoms with Crippen molar-refractivity contribution >= 4 is 21.4 Å². The zero-order valence-corrected chi connectivity index (χ0v) is 13.2. The molecule has 1 fully saturated rings. The van der Waals surface area contributed by atoms with E-state index in [0.29, 0.717) is 35.0 Å². The highest BCUT2D eigenvalue weighted by atomic mass is 35.5. The zero-order chi connectivity index (χ0) is 14.8. The van der Waals surface area contributed by atoms with Crippen molar-refractivity contribution in [2.24, 2.45) is 11.7 Å². The molecule has 0 amide bonds. The second kappa shape index (κ2) is 6.43. The number of halogens is 1. The van der Waals surface area contributed by atoms with E-state index in [2.05, 4.69) is 4.90 Å². The lowest BCUT2D eigenvalue weighted by atomic mass is 10.1. The van der Waals surface area contributed by atoms with Gasteiger partial charge in [0.25, 0.3) is 0 Å². The predicted octanol–water partition coefficient (Wildman–Crippen LogP) is 1.78. The smallest absolute Gasteiger partial charge is 0.179 e. The standard InChI is InChI=1S/C14H21ClN2O2S/c1-17(14(10-16)11-2-3-11)8-9-20(18,19)13-6-4-12(15)5-7-13/h4-7,11,14H,2-3,8-10,16H2,1H3. The molecule has 0 saturated heterocycles. The van der Waals surface area contributed by atoms with Gasteiger partial charge in [-0.05, 0) is 50.1 Å². The van der Waals surface area contributed by atoms with Crippen LogP contribution in [0.15, 0.2) is 29.2 Å². The molecule has 1 aromatic carbocycles. The van der Waals surface area contributed by atoms with Crippen molar-refractivity contribution in [1.29, 1.82) is 0 Å². The molecule has 1 atom stereocenters. The first-order chi connectivity index (χ1) is 9.44. The fraction of sp³-hybridized carbons (Fsp3) is 0.571. The number of sulfone groups is 1. The molecule has 4 nitrogen and oxygen atoms in total. The molecule has 1 saturated carbocycles. The molecule has 2 rings (SSSR count). The minimum absolute atomic E-state index is 0.106. The Morgan fingerprint density at radius 1 is 1.35 bits per heavy atom. The maximum atomic E-state index is 12.2. The number of hydrogen-bond donors (Lipinski definition) is 1. The summed E-state index contributed by atoms with van der Waals surface area (Å²) in [5, 5.41) is 0.540. The van der Waals surface area contributed by atoms with E-state index in [9.17, 15) is 8.42 Å². The lowest BCUT2D eigenvalue weighted by Gasteiger charge is -2.26. The lowest BCUT2D eigenvalue weighted by Crippen LogP contribution is -2.41. The van der Waals surface area contributed by atoms with Crippen LogP contribution in [0.25, 0.3) is 0 Å². The summed E-state index contributed by atoms with van der Waals surface area (Å²) in [6.07, 6.45) is 2.41. The van der Waals surface area contributed by atoms with Gasteiger partial charge in [0.05, 0.1) is 10.6 Å². The van der Waals surface area contributed by atoms with Gasteiger partial charge >= 0.3 is 0 Å². The van der Waals surface area contributed by atoms with E-state index >= 15 is 0 Å². The minimum atomic E-state index is -3.26. The molecular formula is C14H21ClN2O2S. The number of likely N-dealkylation sites (N-methyl/N-ethyl adjacent to an activating group) is 1. The van der Waals surface area contributed by atoms with E-state index in [-0.39, 0.29) is 5.75 Å². The summed E-state index contributed by atoms with van der Waals surface area (Å²) in [4.78, 5) is 2.40. The van der Waals surface area contributed by atoms with Gasteiger partial charge in [-0.25, -0.2) is 8.42 Å². The fourth-order valence-electron chi connectivity index (χ4n) is 2.40. The topological polar surface area (TPSA) is 63.4 Å². The van der Waals surface area contributed by atoms with E-state index < -0.39 is 9.84 Å². The second-order valence-electron chi connectivity index (χ2n) is 5.39. The van der Waals surface area contributed by atoms with E-state index in [4.69, 9.17) is 17.3 Å². The SMILES string of the molecule is CN(CCS(=O)(=O)c1ccc(Cl)cc1)C(CN)C1CC1. The number of nitrogens with two attached hydrogens (primary N) is 1. The Morgan fingerprint density at radius 3 is 2.45 bits per heavy atom. The zero-order valence-electron chi connectivity index (χ0n) is 11.6. The van der Waals surface area contributed by atoms with Gasteiger partial charge in [0.1, 0.15) is 0 Å². The predicted molar refractivity (Wildman–Crippen MR) is 81.7 cm³/mol. The molecule has 0 spiro atoms. The fourth-order valence-corrected chi connectivity index (χ4v) is 3.84. The van der Waals surface area contributed by atoms with E-state index in [0.717, 1.165) is 0 Å². The quantitative estimate of drug-likeness (QED) is 0.833. The summed E-state index contributed by atoms with van der Waals surface area (Å²) in [5.41, 5.74) is 5.78. The number of benzene rings is 1. The summed E-state index contributed by atoms with van der Waals surface area (Å²) in [7, 11) is -1.31. The molecule has 0 aromatic heterocycles. The molecule has 2 N–H and O–H groups in total. The van der Waals surface area contributed by atoms with Crippen molar-refractivity contribution in [2.75, 3.05) is 25.9 Å². The van der Waals surface area contributed by atoms with Crippen LogP contribution in [0.5, 0.6) is 0 Å². The molecule has 1 aromatic rings.